The maximum Gasteiger partial charge on any atom is 0.323 e. The molecule has 114 valence electrons. The highest BCUT2D eigenvalue weighted by Crippen LogP contribution is 2.29. The Labute approximate surface area is 140 Å². The second-order valence-electron chi connectivity index (χ2n) is 4.23. The zero-order valence-corrected chi connectivity index (χ0v) is 13.7. The summed E-state index contributed by atoms with van der Waals surface area (Å²) in [6.07, 6.45) is 0. The zero-order chi connectivity index (χ0) is 16.1. The molecule has 0 atom stereocenters. The van der Waals surface area contributed by atoms with Crippen LogP contribution in [0.3, 0.4) is 0 Å². The number of amides is 2. The maximum absolute atomic E-state index is 12.0. The molecule has 0 unspecified atom stereocenters. The Hall–Kier alpha value is -2.36. The molecule has 2 aromatic rings. The van der Waals surface area contributed by atoms with Crippen LogP contribution in [0, 0.1) is 13.7 Å². The van der Waals surface area contributed by atoms with Gasteiger partial charge in [0.1, 0.15) is 5.75 Å². The molecule has 2 rings (SSSR count). The van der Waals surface area contributed by atoms with E-state index in [0.29, 0.717) is 11.4 Å². The summed E-state index contributed by atoms with van der Waals surface area (Å²) in [5.41, 5.74) is 0.701. The molecule has 8 heteroatoms. The topological polar surface area (TPSA) is 93.5 Å². The van der Waals surface area contributed by atoms with Crippen molar-refractivity contribution < 1.29 is 14.5 Å². The molecule has 0 aliphatic rings. The van der Waals surface area contributed by atoms with Gasteiger partial charge in [-0.15, -0.1) is 0 Å². The van der Waals surface area contributed by atoms with Gasteiger partial charge in [0.25, 0.3) is 5.69 Å². The Morgan fingerprint density at radius 3 is 2.45 bits per heavy atom. The summed E-state index contributed by atoms with van der Waals surface area (Å²) >= 11 is 2.16. The number of urea groups is 1. The van der Waals surface area contributed by atoms with E-state index in [1.165, 1.54) is 25.3 Å². The molecule has 2 amide bonds. The number of carbonyl (C=O) groups is 1. The molecule has 22 heavy (non-hydrogen) atoms. The van der Waals surface area contributed by atoms with E-state index in [4.69, 9.17) is 4.74 Å². The number of nitro benzene ring substituents is 1. The van der Waals surface area contributed by atoms with Gasteiger partial charge in [0.15, 0.2) is 0 Å². The summed E-state index contributed by atoms with van der Waals surface area (Å²) in [5, 5.41) is 16.0. The summed E-state index contributed by atoms with van der Waals surface area (Å²) in [7, 11) is 1.42. The van der Waals surface area contributed by atoms with E-state index in [1.807, 2.05) is 12.1 Å². The Bertz CT molecular complexity index is 704. The van der Waals surface area contributed by atoms with Crippen LogP contribution in [0.4, 0.5) is 21.9 Å². The van der Waals surface area contributed by atoms with Crippen LogP contribution < -0.4 is 15.4 Å². The van der Waals surface area contributed by atoms with Gasteiger partial charge in [0, 0.05) is 21.4 Å². The lowest BCUT2D eigenvalue weighted by atomic mass is 10.2. The Morgan fingerprint density at radius 1 is 1.18 bits per heavy atom. The van der Waals surface area contributed by atoms with E-state index in [9.17, 15) is 14.9 Å². The van der Waals surface area contributed by atoms with Crippen molar-refractivity contribution in [2.75, 3.05) is 17.7 Å². The molecular formula is C14H12IN3O4. The molecule has 7 nitrogen and oxygen atoms in total. The molecule has 0 spiro atoms. The lowest BCUT2D eigenvalue weighted by molar-refractivity contribution is -0.384. The monoisotopic (exact) mass is 413 g/mol. The van der Waals surface area contributed by atoms with Crippen LogP contribution in [0.5, 0.6) is 5.75 Å². The third-order valence-electron chi connectivity index (χ3n) is 2.74. The fourth-order valence-corrected chi connectivity index (χ4v) is 2.08. The van der Waals surface area contributed by atoms with Crippen molar-refractivity contribution in [3.63, 3.8) is 0 Å². The van der Waals surface area contributed by atoms with Gasteiger partial charge < -0.3 is 15.4 Å². The Morgan fingerprint density at radius 2 is 1.86 bits per heavy atom. The highest BCUT2D eigenvalue weighted by molar-refractivity contribution is 14.1. The number of hydrogen-bond donors (Lipinski definition) is 2. The lowest BCUT2D eigenvalue weighted by Crippen LogP contribution is -2.19. The molecule has 0 radical (unpaired) electrons. The Kier molecular flexibility index (Phi) is 5.15. The number of non-ortho nitro benzene ring substituents is 1. The third-order valence-corrected chi connectivity index (χ3v) is 3.46. The van der Waals surface area contributed by atoms with E-state index >= 15 is 0 Å². The fraction of sp³-hybridized carbons (Fsp3) is 0.0714. The number of benzene rings is 2. The van der Waals surface area contributed by atoms with Gasteiger partial charge in [-0.05, 0) is 52.9 Å². The van der Waals surface area contributed by atoms with Gasteiger partial charge >= 0.3 is 6.03 Å². The van der Waals surface area contributed by atoms with E-state index in [2.05, 4.69) is 33.2 Å². The SMILES string of the molecule is COc1ccc([N+](=O)[O-])cc1NC(=O)Nc1ccc(I)cc1. The van der Waals surface area contributed by atoms with Gasteiger partial charge in [0.2, 0.25) is 0 Å². The summed E-state index contributed by atoms with van der Waals surface area (Å²) in [5.74, 6) is 0.336. The van der Waals surface area contributed by atoms with Crippen molar-refractivity contribution >= 4 is 45.7 Å². The Balaban J connectivity index is 2.14. The van der Waals surface area contributed by atoms with Gasteiger partial charge in [-0.1, -0.05) is 0 Å². The summed E-state index contributed by atoms with van der Waals surface area (Å²) < 4.78 is 6.13. The van der Waals surface area contributed by atoms with E-state index in [-0.39, 0.29) is 11.4 Å². The molecule has 0 saturated heterocycles. The average molecular weight is 413 g/mol. The van der Waals surface area contributed by atoms with Crippen molar-refractivity contribution in [3.05, 3.63) is 56.1 Å². The average Bonchev–Trinajstić information content (AvgIpc) is 2.49. The number of methoxy groups -OCH3 is 1. The van der Waals surface area contributed by atoms with E-state index in [1.54, 1.807) is 12.1 Å². The highest BCUT2D eigenvalue weighted by Gasteiger charge is 2.13. The minimum absolute atomic E-state index is 0.134. The van der Waals surface area contributed by atoms with Crippen LogP contribution in [0.25, 0.3) is 0 Å². The molecule has 0 aliphatic heterocycles. The second-order valence-corrected chi connectivity index (χ2v) is 5.47. The second kappa shape index (κ2) is 7.07. The number of rotatable bonds is 4. The van der Waals surface area contributed by atoms with Crippen molar-refractivity contribution in [2.45, 2.75) is 0 Å². The number of nitro groups is 1. The van der Waals surface area contributed by atoms with Crippen molar-refractivity contribution in [1.29, 1.82) is 0 Å². The number of halogens is 1. The molecule has 0 heterocycles. The first-order valence-electron chi connectivity index (χ1n) is 6.15. The predicted octanol–water partition coefficient (Wildman–Crippen LogP) is 3.85. The highest BCUT2D eigenvalue weighted by atomic mass is 127. The first-order valence-corrected chi connectivity index (χ1v) is 7.23. The largest absolute Gasteiger partial charge is 0.495 e. The lowest BCUT2D eigenvalue weighted by Gasteiger charge is -2.11. The molecular weight excluding hydrogens is 401 g/mol. The number of nitrogens with one attached hydrogen (secondary N) is 2. The van der Waals surface area contributed by atoms with Crippen LogP contribution in [0.1, 0.15) is 0 Å². The number of carbonyl (C=O) groups excluding carboxylic acids is 1. The van der Waals surface area contributed by atoms with Gasteiger partial charge in [-0.2, -0.15) is 0 Å². The number of ether oxygens (including phenoxy) is 1. The van der Waals surface area contributed by atoms with Crippen LogP contribution in [-0.2, 0) is 0 Å². The van der Waals surface area contributed by atoms with Gasteiger partial charge in [-0.25, -0.2) is 4.79 Å². The quantitative estimate of drug-likeness (QED) is 0.453. The van der Waals surface area contributed by atoms with E-state index < -0.39 is 11.0 Å². The van der Waals surface area contributed by atoms with Crippen molar-refractivity contribution in [2.24, 2.45) is 0 Å². The fourth-order valence-electron chi connectivity index (χ4n) is 1.73. The van der Waals surface area contributed by atoms with Crippen LogP contribution in [-0.4, -0.2) is 18.1 Å². The minimum atomic E-state index is -0.540. The van der Waals surface area contributed by atoms with Crippen molar-refractivity contribution in [3.8, 4) is 5.75 Å². The predicted molar refractivity (Wildman–Crippen MR) is 91.4 cm³/mol. The summed E-state index contributed by atoms with van der Waals surface area (Å²) in [6.45, 7) is 0. The van der Waals surface area contributed by atoms with Gasteiger partial charge in [-0.3, -0.25) is 10.1 Å². The number of hydrogen-bond acceptors (Lipinski definition) is 4. The third kappa shape index (κ3) is 4.07. The zero-order valence-electron chi connectivity index (χ0n) is 11.5. The molecule has 0 fully saturated rings. The molecule has 2 aromatic carbocycles. The molecule has 0 saturated carbocycles. The van der Waals surface area contributed by atoms with Crippen LogP contribution >= 0.6 is 22.6 Å². The van der Waals surface area contributed by atoms with Crippen molar-refractivity contribution in [1.82, 2.24) is 0 Å². The molecule has 2 N–H and O–H groups in total. The first-order chi connectivity index (χ1) is 10.5. The van der Waals surface area contributed by atoms with Crippen LogP contribution in [0.2, 0.25) is 0 Å². The maximum atomic E-state index is 12.0. The van der Waals surface area contributed by atoms with E-state index in [0.717, 1.165) is 3.57 Å². The first kappa shape index (κ1) is 16.0. The normalized spacial score (nSPS) is 9.91. The summed E-state index contributed by atoms with van der Waals surface area (Å²) in [4.78, 5) is 22.2. The standard InChI is InChI=1S/C14H12IN3O4/c1-22-13-7-6-11(18(20)21)8-12(13)17-14(19)16-10-4-2-9(15)3-5-10/h2-8H,1H3,(H2,16,17,19). The molecule has 0 bridgehead atoms. The minimum Gasteiger partial charge on any atom is -0.495 e. The number of anilines is 2. The molecule has 0 aliphatic carbocycles. The van der Waals surface area contributed by atoms with Crippen LogP contribution in [0.15, 0.2) is 42.5 Å². The molecule has 0 aromatic heterocycles. The summed E-state index contributed by atoms with van der Waals surface area (Å²) in [6, 6.07) is 10.7. The van der Waals surface area contributed by atoms with Gasteiger partial charge in [0.05, 0.1) is 17.7 Å². The smallest absolute Gasteiger partial charge is 0.323 e. The number of nitrogens with zero attached hydrogens (tertiary/aromatic N) is 1.